The van der Waals surface area contributed by atoms with Gasteiger partial charge in [0.25, 0.3) is 0 Å². The molecule has 0 atom stereocenters. The van der Waals surface area contributed by atoms with Gasteiger partial charge in [0.15, 0.2) is 0 Å². The summed E-state index contributed by atoms with van der Waals surface area (Å²) in [6.45, 7) is 15.6. The molecule has 0 bridgehead atoms. The molecular formula is C19H23N. The molecule has 1 heteroatoms. The summed E-state index contributed by atoms with van der Waals surface area (Å²) >= 11 is 0. The minimum Gasteiger partial charge on any atom is -0.257 e. The van der Waals surface area contributed by atoms with Crippen molar-refractivity contribution in [2.45, 2.75) is 54.9 Å². The molecule has 0 saturated carbocycles. The molecule has 1 heterocycles. The summed E-state index contributed by atoms with van der Waals surface area (Å²) < 4.78 is 0. The molecule has 2 aromatic rings. The van der Waals surface area contributed by atoms with Crippen LogP contribution in [0.2, 0.25) is 0 Å². The van der Waals surface area contributed by atoms with Gasteiger partial charge in [0.05, 0.1) is 5.69 Å². The van der Waals surface area contributed by atoms with Crippen LogP contribution in [-0.2, 0) is 6.42 Å². The molecule has 1 aliphatic heterocycles. The van der Waals surface area contributed by atoms with E-state index in [-0.39, 0.29) is 0 Å². The van der Waals surface area contributed by atoms with Crippen molar-refractivity contribution in [2.75, 3.05) is 0 Å². The first-order valence-electron chi connectivity index (χ1n) is 7.40. The molecule has 20 heavy (non-hydrogen) atoms. The van der Waals surface area contributed by atoms with Gasteiger partial charge in [-0.15, -0.1) is 0 Å². The summed E-state index contributed by atoms with van der Waals surface area (Å²) in [6.07, 6.45) is 0.998. The van der Waals surface area contributed by atoms with Crippen molar-refractivity contribution in [2.24, 2.45) is 4.99 Å². The van der Waals surface area contributed by atoms with Crippen molar-refractivity contribution in [1.82, 2.24) is 0 Å². The highest BCUT2D eigenvalue weighted by molar-refractivity contribution is 6.09. The number of aryl methyl sites for hydroxylation is 2. The Morgan fingerprint density at radius 3 is 1.75 bits per heavy atom. The van der Waals surface area contributed by atoms with Crippen molar-refractivity contribution in [1.29, 1.82) is 0 Å². The van der Waals surface area contributed by atoms with Gasteiger partial charge >= 0.3 is 0 Å². The van der Waals surface area contributed by atoms with Gasteiger partial charge < -0.3 is 0 Å². The minimum atomic E-state index is 0.998. The van der Waals surface area contributed by atoms with E-state index in [9.17, 15) is 0 Å². The molecule has 0 saturated heterocycles. The van der Waals surface area contributed by atoms with Gasteiger partial charge in [-0.1, -0.05) is 0 Å². The fraction of sp³-hybridized carbons (Fsp3) is 0.421. The molecular weight excluding hydrogens is 242 g/mol. The topological polar surface area (TPSA) is 12.4 Å². The first kappa shape index (κ1) is 13.4. The Morgan fingerprint density at radius 2 is 1.15 bits per heavy atom. The van der Waals surface area contributed by atoms with Gasteiger partial charge in [-0.05, 0) is 92.8 Å². The zero-order valence-electron chi connectivity index (χ0n) is 13.7. The Labute approximate surface area is 121 Å². The van der Waals surface area contributed by atoms with Crippen LogP contribution < -0.4 is 0 Å². The van der Waals surface area contributed by atoms with Crippen molar-refractivity contribution in [3.05, 3.63) is 38.9 Å². The Bertz CT molecular complexity index is 784. The second-order valence-corrected chi connectivity index (χ2v) is 6.35. The van der Waals surface area contributed by atoms with E-state index in [2.05, 4.69) is 48.5 Å². The van der Waals surface area contributed by atoms with E-state index < -0.39 is 0 Å². The smallest absolute Gasteiger partial charge is 0.0742 e. The van der Waals surface area contributed by atoms with E-state index >= 15 is 0 Å². The zero-order valence-corrected chi connectivity index (χ0v) is 13.7. The highest BCUT2D eigenvalue weighted by atomic mass is 14.8. The third kappa shape index (κ3) is 1.52. The number of hydrogen-bond donors (Lipinski definition) is 0. The molecule has 0 unspecified atom stereocenters. The third-order valence-corrected chi connectivity index (χ3v) is 5.33. The predicted molar refractivity (Wildman–Crippen MR) is 88.8 cm³/mol. The SMILES string of the molecule is CC1=Nc2c(C)c(C)c(C)c3c(C)c(C)c(C)c(c23)C1. The standard InChI is InChI=1S/C19H23N/c1-9-8-16-12(4)10(2)13(5)17-14(6)11(3)15(7)19(20-9)18(16)17/h8H2,1-7H3. The Hall–Kier alpha value is -1.63. The first-order valence-corrected chi connectivity index (χ1v) is 7.40. The Morgan fingerprint density at radius 1 is 0.600 bits per heavy atom. The van der Waals surface area contributed by atoms with E-state index in [0.717, 1.165) is 6.42 Å². The second kappa shape index (κ2) is 4.18. The molecule has 0 aliphatic carbocycles. The van der Waals surface area contributed by atoms with Crippen LogP contribution >= 0.6 is 0 Å². The first-order chi connectivity index (χ1) is 9.34. The molecule has 1 aliphatic rings. The molecule has 0 spiro atoms. The highest BCUT2D eigenvalue weighted by Gasteiger charge is 2.22. The lowest BCUT2D eigenvalue weighted by molar-refractivity contribution is 1.16. The summed E-state index contributed by atoms with van der Waals surface area (Å²) in [4.78, 5) is 4.89. The largest absolute Gasteiger partial charge is 0.257 e. The maximum Gasteiger partial charge on any atom is 0.0742 e. The summed E-state index contributed by atoms with van der Waals surface area (Å²) in [5, 5.41) is 2.86. The Kier molecular flexibility index (Phi) is 2.79. The lowest BCUT2D eigenvalue weighted by atomic mass is 9.82. The quantitative estimate of drug-likeness (QED) is 0.609. The molecule has 0 N–H and O–H groups in total. The summed E-state index contributed by atoms with van der Waals surface area (Å²) in [5.41, 5.74) is 12.4. The van der Waals surface area contributed by atoms with Gasteiger partial charge in [-0.25, -0.2) is 0 Å². The van der Waals surface area contributed by atoms with E-state index in [0.29, 0.717) is 0 Å². The summed E-state index contributed by atoms with van der Waals surface area (Å²) in [6, 6.07) is 0. The van der Waals surface area contributed by atoms with Crippen LogP contribution in [0.15, 0.2) is 4.99 Å². The molecule has 1 nitrogen and oxygen atoms in total. The minimum absolute atomic E-state index is 0.998. The van der Waals surface area contributed by atoms with Crippen molar-refractivity contribution < 1.29 is 0 Å². The number of rotatable bonds is 0. The number of aliphatic imine (C=N–C) groups is 1. The molecule has 0 fully saturated rings. The maximum atomic E-state index is 4.89. The summed E-state index contributed by atoms with van der Waals surface area (Å²) in [7, 11) is 0. The van der Waals surface area contributed by atoms with Gasteiger partial charge in [0.2, 0.25) is 0 Å². The van der Waals surface area contributed by atoms with Crippen molar-refractivity contribution in [3.8, 4) is 0 Å². The van der Waals surface area contributed by atoms with Gasteiger partial charge in [0.1, 0.15) is 0 Å². The van der Waals surface area contributed by atoms with Crippen LogP contribution in [0.4, 0.5) is 5.69 Å². The molecule has 104 valence electrons. The molecule has 2 aromatic carbocycles. The van der Waals surface area contributed by atoms with Gasteiger partial charge in [-0.2, -0.15) is 0 Å². The molecule has 0 amide bonds. The van der Waals surface area contributed by atoms with Gasteiger partial charge in [-0.3, -0.25) is 4.99 Å². The van der Waals surface area contributed by atoms with Crippen molar-refractivity contribution in [3.63, 3.8) is 0 Å². The highest BCUT2D eigenvalue weighted by Crippen LogP contribution is 2.43. The second-order valence-electron chi connectivity index (χ2n) is 6.35. The fourth-order valence-electron chi connectivity index (χ4n) is 3.63. The average Bonchev–Trinajstić information content (AvgIpc) is 2.42. The zero-order chi connectivity index (χ0) is 14.8. The summed E-state index contributed by atoms with van der Waals surface area (Å²) in [5.74, 6) is 0. The number of hydrogen-bond acceptors (Lipinski definition) is 1. The molecule has 3 rings (SSSR count). The lowest BCUT2D eigenvalue weighted by Crippen LogP contribution is -2.10. The van der Waals surface area contributed by atoms with Crippen LogP contribution in [0.25, 0.3) is 10.8 Å². The predicted octanol–water partition coefficient (Wildman–Crippen LogP) is 5.34. The van der Waals surface area contributed by atoms with Crippen molar-refractivity contribution >= 4 is 22.2 Å². The monoisotopic (exact) mass is 265 g/mol. The van der Waals surface area contributed by atoms with Crippen LogP contribution in [0.1, 0.15) is 45.9 Å². The van der Waals surface area contributed by atoms with Crippen LogP contribution in [0.5, 0.6) is 0 Å². The van der Waals surface area contributed by atoms with E-state index in [1.807, 2.05) is 0 Å². The fourth-order valence-corrected chi connectivity index (χ4v) is 3.63. The number of benzene rings is 2. The maximum absolute atomic E-state index is 4.89. The van der Waals surface area contributed by atoms with E-state index in [1.165, 1.54) is 61.1 Å². The number of nitrogens with zero attached hydrogens (tertiary/aromatic N) is 1. The third-order valence-electron chi connectivity index (χ3n) is 5.33. The lowest BCUT2D eigenvalue weighted by Gasteiger charge is -2.25. The van der Waals surface area contributed by atoms with Crippen LogP contribution in [-0.4, -0.2) is 5.71 Å². The van der Waals surface area contributed by atoms with Crippen LogP contribution in [0.3, 0.4) is 0 Å². The van der Waals surface area contributed by atoms with E-state index in [1.54, 1.807) is 0 Å². The molecule has 0 aromatic heterocycles. The van der Waals surface area contributed by atoms with Crippen LogP contribution in [0, 0.1) is 41.5 Å². The van der Waals surface area contributed by atoms with Gasteiger partial charge in [0, 0.05) is 17.5 Å². The average molecular weight is 265 g/mol. The normalized spacial score (nSPS) is 13.8. The molecule has 0 radical (unpaired) electrons. The Balaban J connectivity index is 2.69. The van der Waals surface area contributed by atoms with E-state index in [4.69, 9.17) is 4.99 Å².